The molecule has 0 bridgehead atoms. The van der Waals surface area contributed by atoms with Crippen LogP contribution >= 0.6 is 0 Å². The highest BCUT2D eigenvalue weighted by Crippen LogP contribution is 2.24. The molecule has 1 saturated carbocycles. The van der Waals surface area contributed by atoms with E-state index < -0.39 is 0 Å². The van der Waals surface area contributed by atoms with Gasteiger partial charge in [-0.2, -0.15) is 0 Å². The summed E-state index contributed by atoms with van der Waals surface area (Å²) in [6.45, 7) is 2.17. The van der Waals surface area contributed by atoms with E-state index in [0.29, 0.717) is 0 Å². The Kier molecular flexibility index (Phi) is 4.97. The van der Waals surface area contributed by atoms with Crippen molar-refractivity contribution in [2.75, 3.05) is 5.32 Å². The quantitative estimate of drug-likeness (QED) is 0.874. The summed E-state index contributed by atoms with van der Waals surface area (Å²) in [5.74, 6) is 0.283. The van der Waals surface area contributed by atoms with Crippen molar-refractivity contribution < 1.29 is 4.79 Å². The number of amides is 1. The molecule has 0 atom stereocenters. The largest absolute Gasteiger partial charge is 0.328 e. The van der Waals surface area contributed by atoms with E-state index in [2.05, 4.69) is 24.4 Å². The maximum Gasteiger partial charge on any atom is 0.227 e. The van der Waals surface area contributed by atoms with Crippen molar-refractivity contribution in [2.45, 2.75) is 51.5 Å². The maximum absolute atomic E-state index is 12.1. The third-order valence-electron chi connectivity index (χ3n) is 3.90. The van der Waals surface area contributed by atoms with Gasteiger partial charge in [0.2, 0.25) is 5.91 Å². The Morgan fingerprint density at radius 3 is 2.42 bits per heavy atom. The lowest BCUT2D eigenvalue weighted by Crippen LogP contribution is -2.32. The summed E-state index contributed by atoms with van der Waals surface area (Å²) >= 11 is 0. The van der Waals surface area contributed by atoms with Crippen LogP contribution in [0.2, 0.25) is 0 Å². The highest BCUT2D eigenvalue weighted by Gasteiger charge is 2.24. The Labute approximate surface area is 115 Å². The summed E-state index contributed by atoms with van der Waals surface area (Å²) in [4.78, 5) is 12.1. The molecule has 19 heavy (non-hydrogen) atoms. The van der Waals surface area contributed by atoms with Gasteiger partial charge in [-0.05, 0) is 49.8 Å². The summed E-state index contributed by atoms with van der Waals surface area (Å²) in [6, 6.07) is 8.47. The van der Waals surface area contributed by atoms with Crippen LogP contribution in [0.5, 0.6) is 0 Å². The molecule has 0 heterocycles. The van der Waals surface area contributed by atoms with Crippen molar-refractivity contribution in [2.24, 2.45) is 11.7 Å². The van der Waals surface area contributed by atoms with Gasteiger partial charge in [0, 0.05) is 17.6 Å². The molecule has 1 aliphatic rings. The predicted molar refractivity (Wildman–Crippen MR) is 79.0 cm³/mol. The number of benzene rings is 1. The first-order chi connectivity index (χ1) is 9.19. The average molecular weight is 260 g/mol. The van der Waals surface area contributed by atoms with Crippen LogP contribution in [0.1, 0.15) is 44.6 Å². The Balaban J connectivity index is 1.88. The second kappa shape index (κ2) is 6.71. The lowest BCUT2D eigenvalue weighted by atomic mass is 9.86. The van der Waals surface area contributed by atoms with E-state index in [4.69, 9.17) is 5.73 Å². The molecule has 0 aromatic heterocycles. The predicted octanol–water partition coefficient (Wildman–Crippen LogP) is 3.10. The van der Waals surface area contributed by atoms with Gasteiger partial charge in [0.05, 0.1) is 0 Å². The van der Waals surface area contributed by atoms with Crippen molar-refractivity contribution in [1.82, 2.24) is 0 Å². The Bertz CT molecular complexity index is 405. The molecule has 3 N–H and O–H groups in total. The van der Waals surface area contributed by atoms with Gasteiger partial charge in [-0.1, -0.05) is 25.5 Å². The normalized spacial score (nSPS) is 23.1. The molecule has 0 unspecified atom stereocenters. The molecule has 1 aromatic rings. The molecule has 1 aromatic carbocycles. The van der Waals surface area contributed by atoms with Crippen LogP contribution in [0, 0.1) is 5.92 Å². The molecule has 104 valence electrons. The zero-order valence-corrected chi connectivity index (χ0v) is 11.7. The zero-order valence-electron chi connectivity index (χ0n) is 11.7. The average Bonchev–Trinajstić information content (AvgIpc) is 2.42. The highest BCUT2D eigenvalue weighted by atomic mass is 16.1. The van der Waals surface area contributed by atoms with Crippen LogP contribution in [0.15, 0.2) is 24.3 Å². The molecule has 0 aliphatic heterocycles. The van der Waals surface area contributed by atoms with Crippen molar-refractivity contribution in [3.05, 3.63) is 29.8 Å². The van der Waals surface area contributed by atoms with Gasteiger partial charge >= 0.3 is 0 Å². The maximum atomic E-state index is 12.1. The van der Waals surface area contributed by atoms with Gasteiger partial charge in [-0.3, -0.25) is 4.79 Å². The fourth-order valence-corrected chi connectivity index (χ4v) is 2.67. The number of hydrogen-bond donors (Lipinski definition) is 2. The summed E-state index contributed by atoms with van der Waals surface area (Å²) in [5, 5.41) is 3.02. The molecule has 1 fully saturated rings. The molecule has 3 heteroatoms. The molecule has 3 nitrogen and oxygen atoms in total. The SMILES string of the molecule is CCCc1ccc(NC(=O)C2CCC(N)CC2)cc1. The number of carbonyl (C=O) groups excluding carboxylic acids is 1. The second-order valence-electron chi connectivity index (χ2n) is 5.55. The number of carbonyl (C=O) groups is 1. The van der Waals surface area contributed by atoms with E-state index in [1.807, 2.05) is 12.1 Å². The van der Waals surface area contributed by atoms with Gasteiger partial charge < -0.3 is 11.1 Å². The number of nitrogens with two attached hydrogens (primary N) is 1. The fourth-order valence-electron chi connectivity index (χ4n) is 2.67. The topological polar surface area (TPSA) is 55.1 Å². The van der Waals surface area contributed by atoms with E-state index in [1.54, 1.807) is 0 Å². The summed E-state index contributed by atoms with van der Waals surface area (Å²) in [6.07, 6.45) is 6.01. The number of nitrogens with one attached hydrogen (secondary N) is 1. The van der Waals surface area contributed by atoms with E-state index in [1.165, 1.54) is 5.56 Å². The van der Waals surface area contributed by atoms with E-state index in [9.17, 15) is 4.79 Å². The minimum Gasteiger partial charge on any atom is -0.328 e. The second-order valence-corrected chi connectivity index (χ2v) is 5.55. The molecule has 0 saturated heterocycles. The van der Waals surface area contributed by atoms with Crippen molar-refractivity contribution >= 4 is 11.6 Å². The molecule has 0 spiro atoms. The molecular weight excluding hydrogens is 236 g/mol. The molecular formula is C16H24N2O. The number of hydrogen-bond acceptors (Lipinski definition) is 2. The lowest BCUT2D eigenvalue weighted by Gasteiger charge is -2.25. The number of aryl methyl sites for hydroxylation is 1. The van der Waals surface area contributed by atoms with Gasteiger partial charge in [-0.25, -0.2) is 0 Å². The van der Waals surface area contributed by atoms with Gasteiger partial charge in [-0.15, -0.1) is 0 Å². The van der Waals surface area contributed by atoms with E-state index in [0.717, 1.165) is 44.2 Å². The third kappa shape index (κ3) is 4.06. The van der Waals surface area contributed by atoms with Crippen LogP contribution in [0.3, 0.4) is 0 Å². The monoisotopic (exact) mass is 260 g/mol. The Morgan fingerprint density at radius 1 is 1.21 bits per heavy atom. The molecule has 0 radical (unpaired) electrons. The van der Waals surface area contributed by atoms with Gasteiger partial charge in [0.15, 0.2) is 0 Å². The molecule has 2 rings (SSSR count). The first-order valence-electron chi connectivity index (χ1n) is 7.34. The van der Waals surface area contributed by atoms with Crippen LogP contribution < -0.4 is 11.1 Å². The van der Waals surface area contributed by atoms with Crippen LogP contribution in [-0.4, -0.2) is 11.9 Å². The first-order valence-corrected chi connectivity index (χ1v) is 7.34. The van der Waals surface area contributed by atoms with Crippen LogP contribution in [-0.2, 0) is 11.2 Å². The number of anilines is 1. The Hall–Kier alpha value is -1.35. The Morgan fingerprint density at radius 2 is 1.84 bits per heavy atom. The summed E-state index contributed by atoms with van der Waals surface area (Å²) < 4.78 is 0. The van der Waals surface area contributed by atoms with E-state index >= 15 is 0 Å². The third-order valence-corrected chi connectivity index (χ3v) is 3.90. The fraction of sp³-hybridized carbons (Fsp3) is 0.562. The molecule has 1 amide bonds. The standard InChI is InChI=1S/C16H24N2O/c1-2-3-12-4-10-15(11-5-12)18-16(19)13-6-8-14(17)9-7-13/h4-5,10-11,13-14H,2-3,6-9,17H2,1H3,(H,18,19). The minimum atomic E-state index is 0.134. The van der Waals surface area contributed by atoms with Crippen molar-refractivity contribution in [1.29, 1.82) is 0 Å². The van der Waals surface area contributed by atoms with Gasteiger partial charge in [0.1, 0.15) is 0 Å². The molecule has 1 aliphatic carbocycles. The van der Waals surface area contributed by atoms with Crippen molar-refractivity contribution in [3.63, 3.8) is 0 Å². The zero-order chi connectivity index (χ0) is 13.7. The van der Waals surface area contributed by atoms with Crippen molar-refractivity contribution in [3.8, 4) is 0 Å². The highest BCUT2D eigenvalue weighted by molar-refractivity contribution is 5.92. The minimum absolute atomic E-state index is 0.134. The van der Waals surface area contributed by atoms with Crippen LogP contribution in [0.25, 0.3) is 0 Å². The summed E-state index contributed by atoms with van der Waals surface area (Å²) in [7, 11) is 0. The lowest BCUT2D eigenvalue weighted by molar-refractivity contribution is -0.120. The van der Waals surface area contributed by atoms with Crippen LogP contribution in [0.4, 0.5) is 5.69 Å². The smallest absolute Gasteiger partial charge is 0.227 e. The van der Waals surface area contributed by atoms with E-state index in [-0.39, 0.29) is 17.9 Å². The first kappa shape index (κ1) is 14.1. The number of rotatable bonds is 4. The van der Waals surface area contributed by atoms with Gasteiger partial charge in [0.25, 0.3) is 0 Å². The summed E-state index contributed by atoms with van der Waals surface area (Å²) in [5.41, 5.74) is 8.09.